The highest BCUT2D eigenvalue weighted by Gasteiger charge is 2.34. The standard InChI is InChI=1S/C8H16N2O.2C2H6/c1-2-10-3-4-11-8-6-9-5-7(8)10;2*1-2/h7-9H,2-6H2,1H3;2*1-2H3. The summed E-state index contributed by atoms with van der Waals surface area (Å²) in [6.45, 7) is 15.6. The Labute approximate surface area is 95.2 Å². The molecule has 0 amide bonds. The topological polar surface area (TPSA) is 24.5 Å². The maximum Gasteiger partial charge on any atom is 0.0867 e. The number of ether oxygens (including phenoxy) is 1. The fourth-order valence-corrected chi connectivity index (χ4v) is 2.05. The normalized spacial score (nSPS) is 29.4. The van der Waals surface area contributed by atoms with Gasteiger partial charge in [0, 0.05) is 25.7 Å². The monoisotopic (exact) mass is 216 g/mol. The van der Waals surface area contributed by atoms with E-state index in [2.05, 4.69) is 17.1 Å². The summed E-state index contributed by atoms with van der Waals surface area (Å²) in [6.07, 6.45) is 0.462. The minimum Gasteiger partial charge on any atom is -0.374 e. The van der Waals surface area contributed by atoms with E-state index in [0.717, 1.165) is 32.8 Å². The van der Waals surface area contributed by atoms with E-state index in [4.69, 9.17) is 4.74 Å². The number of rotatable bonds is 1. The molecule has 15 heavy (non-hydrogen) atoms. The summed E-state index contributed by atoms with van der Waals surface area (Å²) in [6, 6.07) is 0.647. The van der Waals surface area contributed by atoms with E-state index in [0.29, 0.717) is 12.1 Å². The van der Waals surface area contributed by atoms with Crippen LogP contribution in [0.2, 0.25) is 0 Å². The molecule has 3 nitrogen and oxygen atoms in total. The van der Waals surface area contributed by atoms with Crippen LogP contribution in [0.5, 0.6) is 0 Å². The second kappa shape index (κ2) is 9.13. The summed E-state index contributed by atoms with van der Waals surface area (Å²) < 4.78 is 5.63. The molecule has 0 radical (unpaired) electrons. The summed E-state index contributed by atoms with van der Waals surface area (Å²) in [7, 11) is 0. The van der Waals surface area contributed by atoms with Crippen molar-refractivity contribution in [3.8, 4) is 0 Å². The molecule has 2 saturated heterocycles. The molecule has 2 heterocycles. The van der Waals surface area contributed by atoms with Gasteiger partial charge >= 0.3 is 0 Å². The molecule has 0 spiro atoms. The highest BCUT2D eigenvalue weighted by Crippen LogP contribution is 2.16. The molecule has 3 heteroatoms. The molecule has 1 N–H and O–H groups in total. The van der Waals surface area contributed by atoms with Crippen LogP contribution in [0.25, 0.3) is 0 Å². The molecule has 0 aliphatic carbocycles. The van der Waals surface area contributed by atoms with Gasteiger partial charge in [0.2, 0.25) is 0 Å². The molecule has 0 aromatic rings. The summed E-state index contributed by atoms with van der Waals surface area (Å²) in [5.41, 5.74) is 0. The predicted octanol–water partition coefficient (Wildman–Crippen LogP) is 1.73. The van der Waals surface area contributed by atoms with Gasteiger partial charge in [-0.1, -0.05) is 34.6 Å². The largest absolute Gasteiger partial charge is 0.374 e. The zero-order chi connectivity index (χ0) is 11.7. The van der Waals surface area contributed by atoms with Crippen molar-refractivity contribution in [2.75, 3.05) is 32.8 Å². The minimum absolute atomic E-state index is 0.462. The zero-order valence-corrected chi connectivity index (χ0v) is 11.0. The number of hydrogen-bond acceptors (Lipinski definition) is 3. The Morgan fingerprint density at radius 2 is 1.87 bits per heavy atom. The first-order valence-electron chi connectivity index (χ1n) is 6.48. The quantitative estimate of drug-likeness (QED) is 0.722. The first-order valence-corrected chi connectivity index (χ1v) is 6.48. The number of nitrogens with zero attached hydrogens (tertiary/aromatic N) is 1. The van der Waals surface area contributed by atoms with Gasteiger partial charge in [0.15, 0.2) is 0 Å². The Kier molecular flexibility index (Phi) is 9.06. The van der Waals surface area contributed by atoms with Crippen molar-refractivity contribution in [1.29, 1.82) is 0 Å². The SMILES string of the molecule is CC.CC.CCN1CCOC2CNCC21. The predicted molar refractivity (Wildman–Crippen MR) is 66.3 cm³/mol. The molecule has 2 atom stereocenters. The second-order valence-corrected chi connectivity index (χ2v) is 3.26. The lowest BCUT2D eigenvalue weighted by molar-refractivity contribution is -0.0446. The number of fused-ring (bicyclic) bond motifs is 1. The average molecular weight is 216 g/mol. The molecule has 2 aliphatic heterocycles. The van der Waals surface area contributed by atoms with Gasteiger partial charge in [0.05, 0.1) is 12.7 Å². The van der Waals surface area contributed by atoms with Gasteiger partial charge in [-0.2, -0.15) is 0 Å². The molecule has 0 aromatic carbocycles. The summed E-state index contributed by atoms with van der Waals surface area (Å²) in [5, 5.41) is 3.36. The van der Waals surface area contributed by atoms with Gasteiger partial charge in [-0.25, -0.2) is 0 Å². The summed E-state index contributed by atoms with van der Waals surface area (Å²) in [4.78, 5) is 2.51. The average Bonchev–Trinajstić information content (AvgIpc) is 2.82. The molecule has 0 aromatic heterocycles. The maximum atomic E-state index is 5.63. The van der Waals surface area contributed by atoms with Crippen LogP contribution in [-0.4, -0.2) is 49.8 Å². The third-order valence-corrected chi connectivity index (χ3v) is 2.71. The Morgan fingerprint density at radius 3 is 2.47 bits per heavy atom. The van der Waals surface area contributed by atoms with Crippen molar-refractivity contribution in [3.63, 3.8) is 0 Å². The molecule has 2 unspecified atom stereocenters. The van der Waals surface area contributed by atoms with E-state index in [9.17, 15) is 0 Å². The summed E-state index contributed by atoms with van der Waals surface area (Å²) >= 11 is 0. The molecule has 0 saturated carbocycles. The minimum atomic E-state index is 0.462. The Balaban J connectivity index is 0.000000442. The van der Waals surface area contributed by atoms with Crippen LogP contribution in [-0.2, 0) is 4.74 Å². The van der Waals surface area contributed by atoms with Gasteiger partial charge in [0.1, 0.15) is 0 Å². The maximum absolute atomic E-state index is 5.63. The lowest BCUT2D eigenvalue weighted by atomic mass is 10.1. The Hall–Kier alpha value is -0.120. The van der Waals surface area contributed by atoms with Gasteiger partial charge in [-0.3, -0.25) is 4.90 Å². The van der Waals surface area contributed by atoms with Crippen molar-refractivity contribution in [1.82, 2.24) is 10.2 Å². The lowest BCUT2D eigenvalue weighted by Gasteiger charge is -2.36. The van der Waals surface area contributed by atoms with Crippen LogP contribution in [0.3, 0.4) is 0 Å². The molecule has 2 aliphatic rings. The van der Waals surface area contributed by atoms with E-state index >= 15 is 0 Å². The van der Waals surface area contributed by atoms with E-state index in [1.54, 1.807) is 0 Å². The van der Waals surface area contributed by atoms with Crippen molar-refractivity contribution in [2.24, 2.45) is 0 Å². The number of morpholine rings is 1. The third kappa shape index (κ3) is 4.09. The van der Waals surface area contributed by atoms with Crippen molar-refractivity contribution < 1.29 is 4.74 Å². The van der Waals surface area contributed by atoms with Crippen LogP contribution in [0.15, 0.2) is 0 Å². The zero-order valence-electron chi connectivity index (χ0n) is 11.0. The molecular formula is C12H28N2O. The third-order valence-electron chi connectivity index (χ3n) is 2.71. The highest BCUT2D eigenvalue weighted by molar-refractivity contribution is 4.91. The van der Waals surface area contributed by atoms with Gasteiger partial charge in [-0.05, 0) is 6.54 Å². The van der Waals surface area contributed by atoms with Gasteiger partial charge in [0.25, 0.3) is 0 Å². The highest BCUT2D eigenvalue weighted by atomic mass is 16.5. The van der Waals surface area contributed by atoms with Gasteiger partial charge < -0.3 is 10.1 Å². The fourth-order valence-electron chi connectivity index (χ4n) is 2.05. The van der Waals surface area contributed by atoms with Crippen LogP contribution in [0.4, 0.5) is 0 Å². The van der Waals surface area contributed by atoms with E-state index in [1.807, 2.05) is 27.7 Å². The Morgan fingerprint density at radius 1 is 1.20 bits per heavy atom. The first kappa shape index (κ1) is 14.9. The van der Waals surface area contributed by atoms with Crippen LogP contribution in [0, 0.1) is 0 Å². The molecule has 92 valence electrons. The lowest BCUT2D eigenvalue weighted by Crippen LogP contribution is -2.50. The van der Waals surface area contributed by atoms with E-state index in [-0.39, 0.29) is 0 Å². The van der Waals surface area contributed by atoms with E-state index < -0.39 is 0 Å². The van der Waals surface area contributed by atoms with Crippen LogP contribution < -0.4 is 5.32 Å². The van der Waals surface area contributed by atoms with Crippen LogP contribution in [0.1, 0.15) is 34.6 Å². The van der Waals surface area contributed by atoms with Crippen molar-refractivity contribution >= 4 is 0 Å². The van der Waals surface area contributed by atoms with E-state index in [1.165, 1.54) is 0 Å². The molecule has 2 fully saturated rings. The van der Waals surface area contributed by atoms with Crippen molar-refractivity contribution in [2.45, 2.75) is 46.8 Å². The molecule has 0 bridgehead atoms. The molecular weight excluding hydrogens is 188 g/mol. The smallest absolute Gasteiger partial charge is 0.0867 e. The van der Waals surface area contributed by atoms with Crippen LogP contribution >= 0.6 is 0 Å². The summed E-state index contributed by atoms with van der Waals surface area (Å²) in [5.74, 6) is 0. The fraction of sp³-hybridized carbons (Fsp3) is 1.00. The Bertz CT molecular complexity index is 142. The number of nitrogens with one attached hydrogen (secondary N) is 1. The number of hydrogen-bond donors (Lipinski definition) is 1. The second-order valence-electron chi connectivity index (χ2n) is 3.26. The van der Waals surface area contributed by atoms with Crippen molar-refractivity contribution in [3.05, 3.63) is 0 Å². The first-order chi connectivity index (χ1) is 7.42. The molecule has 2 rings (SSSR count). The van der Waals surface area contributed by atoms with Gasteiger partial charge in [-0.15, -0.1) is 0 Å². The number of likely N-dealkylation sites (N-methyl/N-ethyl adjacent to an activating group) is 1.